The molecule has 0 bridgehead atoms. The summed E-state index contributed by atoms with van der Waals surface area (Å²) >= 11 is 0. The van der Waals surface area contributed by atoms with Crippen LogP contribution in [0.15, 0.2) is 18.2 Å². The highest BCUT2D eigenvalue weighted by Crippen LogP contribution is 2.17. The Morgan fingerprint density at radius 1 is 1.16 bits per heavy atom. The maximum Gasteiger partial charge on any atom is 0.122 e. The molecule has 0 saturated heterocycles. The molecule has 0 unspecified atom stereocenters. The molecule has 0 spiro atoms. The van der Waals surface area contributed by atoms with Crippen LogP contribution < -0.4 is 5.32 Å². The first-order valence-corrected chi connectivity index (χ1v) is 6.74. The highest BCUT2D eigenvalue weighted by atomic mass is 15.1. The number of imidazole rings is 1. The molecule has 0 aliphatic heterocycles. The zero-order valence-electron chi connectivity index (χ0n) is 12.5. The lowest BCUT2D eigenvalue weighted by atomic mass is 10.0. The number of aromatic nitrogens is 2. The summed E-state index contributed by atoms with van der Waals surface area (Å²) < 4.78 is 2.17. The van der Waals surface area contributed by atoms with Gasteiger partial charge in [0.25, 0.3) is 0 Å². The van der Waals surface area contributed by atoms with Gasteiger partial charge in [0.1, 0.15) is 5.82 Å². The van der Waals surface area contributed by atoms with Gasteiger partial charge in [-0.3, -0.25) is 0 Å². The van der Waals surface area contributed by atoms with E-state index >= 15 is 0 Å². The number of hydrogen-bond acceptors (Lipinski definition) is 2. The Labute approximate surface area is 115 Å². The summed E-state index contributed by atoms with van der Waals surface area (Å²) in [6.07, 6.45) is 0.907. The van der Waals surface area contributed by atoms with Gasteiger partial charge in [0, 0.05) is 19.2 Å². The first kappa shape index (κ1) is 13.8. The molecule has 2 rings (SSSR count). The Morgan fingerprint density at radius 3 is 2.53 bits per heavy atom. The van der Waals surface area contributed by atoms with Crippen molar-refractivity contribution in [3.8, 4) is 0 Å². The maximum absolute atomic E-state index is 4.75. The van der Waals surface area contributed by atoms with E-state index in [1.54, 1.807) is 0 Å². The Bertz CT molecular complexity index is 582. The van der Waals surface area contributed by atoms with Crippen LogP contribution in [0.1, 0.15) is 33.9 Å². The van der Waals surface area contributed by atoms with Crippen molar-refractivity contribution in [2.45, 2.75) is 33.7 Å². The van der Waals surface area contributed by atoms with Gasteiger partial charge in [-0.05, 0) is 44.5 Å². The fourth-order valence-electron chi connectivity index (χ4n) is 2.29. The molecule has 0 atom stereocenters. The topological polar surface area (TPSA) is 29.9 Å². The van der Waals surface area contributed by atoms with Gasteiger partial charge in [0.05, 0.1) is 12.2 Å². The fourth-order valence-corrected chi connectivity index (χ4v) is 2.29. The number of hydrogen-bond donors (Lipinski definition) is 1. The monoisotopic (exact) mass is 257 g/mol. The van der Waals surface area contributed by atoms with E-state index in [0.29, 0.717) is 0 Å². The minimum absolute atomic E-state index is 0.810. The molecular formula is C16H23N3. The summed E-state index contributed by atoms with van der Waals surface area (Å²) in [4.78, 5) is 4.75. The molecule has 2 aromatic rings. The smallest absolute Gasteiger partial charge is 0.122 e. The summed E-state index contributed by atoms with van der Waals surface area (Å²) in [5, 5.41) is 3.16. The van der Waals surface area contributed by atoms with E-state index < -0.39 is 0 Å². The zero-order valence-corrected chi connectivity index (χ0v) is 12.5. The molecule has 1 aromatic heterocycles. The molecule has 1 aromatic carbocycles. The standard InChI is InChI=1S/C16H23N3/c1-11-6-7-14(8-12(11)2)9-15-13(3)19(5)16(18-15)10-17-4/h6-8,17H,9-10H2,1-5H3. The van der Waals surface area contributed by atoms with Crippen molar-refractivity contribution < 1.29 is 0 Å². The Kier molecular flexibility index (Phi) is 4.05. The summed E-state index contributed by atoms with van der Waals surface area (Å²) in [6.45, 7) is 7.26. The van der Waals surface area contributed by atoms with Crippen molar-refractivity contribution in [3.05, 3.63) is 52.1 Å². The van der Waals surface area contributed by atoms with E-state index in [4.69, 9.17) is 4.98 Å². The van der Waals surface area contributed by atoms with Crippen LogP contribution >= 0.6 is 0 Å². The van der Waals surface area contributed by atoms with Crippen LogP contribution in [-0.4, -0.2) is 16.6 Å². The third-order valence-corrected chi connectivity index (χ3v) is 3.85. The largest absolute Gasteiger partial charge is 0.334 e. The molecule has 0 aliphatic carbocycles. The second-order valence-corrected chi connectivity index (χ2v) is 5.24. The second-order valence-electron chi connectivity index (χ2n) is 5.24. The van der Waals surface area contributed by atoms with Crippen molar-refractivity contribution in [2.75, 3.05) is 7.05 Å². The van der Waals surface area contributed by atoms with Crippen LogP contribution in [-0.2, 0) is 20.0 Å². The van der Waals surface area contributed by atoms with Crippen molar-refractivity contribution in [3.63, 3.8) is 0 Å². The molecule has 1 N–H and O–H groups in total. The molecule has 0 amide bonds. The predicted octanol–water partition coefficient (Wildman–Crippen LogP) is 2.66. The lowest BCUT2D eigenvalue weighted by Gasteiger charge is -2.05. The lowest BCUT2D eigenvalue weighted by Crippen LogP contribution is -2.10. The third-order valence-electron chi connectivity index (χ3n) is 3.85. The normalized spacial score (nSPS) is 11.0. The van der Waals surface area contributed by atoms with E-state index in [2.05, 4.69) is 55.9 Å². The van der Waals surface area contributed by atoms with Gasteiger partial charge in [-0.15, -0.1) is 0 Å². The van der Waals surface area contributed by atoms with Gasteiger partial charge in [0.2, 0.25) is 0 Å². The Balaban J connectivity index is 2.27. The summed E-state index contributed by atoms with van der Waals surface area (Å²) in [5.74, 6) is 1.10. The molecule has 0 radical (unpaired) electrons. The van der Waals surface area contributed by atoms with Crippen LogP contribution in [0.4, 0.5) is 0 Å². The van der Waals surface area contributed by atoms with Crippen molar-refractivity contribution in [1.29, 1.82) is 0 Å². The van der Waals surface area contributed by atoms with E-state index in [1.807, 2.05) is 7.05 Å². The average molecular weight is 257 g/mol. The fraction of sp³-hybridized carbons (Fsp3) is 0.438. The molecule has 1 heterocycles. The van der Waals surface area contributed by atoms with Crippen molar-refractivity contribution in [2.24, 2.45) is 7.05 Å². The van der Waals surface area contributed by atoms with E-state index in [-0.39, 0.29) is 0 Å². The summed E-state index contributed by atoms with van der Waals surface area (Å²) in [5.41, 5.74) is 6.46. The molecule has 0 aliphatic rings. The van der Waals surface area contributed by atoms with Crippen LogP contribution in [0.5, 0.6) is 0 Å². The van der Waals surface area contributed by atoms with Gasteiger partial charge in [-0.1, -0.05) is 18.2 Å². The van der Waals surface area contributed by atoms with Gasteiger partial charge < -0.3 is 9.88 Å². The van der Waals surface area contributed by atoms with Crippen LogP contribution in [0.25, 0.3) is 0 Å². The SMILES string of the molecule is CNCc1nc(Cc2ccc(C)c(C)c2)c(C)n1C. The number of nitrogens with one attached hydrogen (secondary N) is 1. The van der Waals surface area contributed by atoms with E-state index in [1.165, 1.54) is 28.1 Å². The minimum atomic E-state index is 0.810. The highest BCUT2D eigenvalue weighted by molar-refractivity contribution is 5.33. The predicted molar refractivity (Wildman–Crippen MR) is 79.4 cm³/mol. The Morgan fingerprint density at radius 2 is 1.89 bits per heavy atom. The summed E-state index contributed by atoms with van der Waals surface area (Å²) in [7, 11) is 4.03. The van der Waals surface area contributed by atoms with Crippen LogP contribution in [0.2, 0.25) is 0 Å². The lowest BCUT2D eigenvalue weighted by molar-refractivity contribution is 0.700. The van der Waals surface area contributed by atoms with E-state index in [0.717, 1.165) is 18.8 Å². The van der Waals surface area contributed by atoms with Crippen molar-refractivity contribution >= 4 is 0 Å². The first-order valence-electron chi connectivity index (χ1n) is 6.74. The number of benzene rings is 1. The number of rotatable bonds is 4. The Hall–Kier alpha value is -1.61. The number of nitrogens with zero attached hydrogens (tertiary/aromatic N) is 2. The average Bonchev–Trinajstić information content (AvgIpc) is 2.63. The van der Waals surface area contributed by atoms with Crippen LogP contribution in [0, 0.1) is 20.8 Å². The van der Waals surface area contributed by atoms with Gasteiger partial charge in [0.15, 0.2) is 0 Å². The third kappa shape index (κ3) is 2.87. The molecular weight excluding hydrogens is 234 g/mol. The quantitative estimate of drug-likeness (QED) is 0.912. The molecule has 19 heavy (non-hydrogen) atoms. The maximum atomic E-state index is 4.75. The van der Waals surface area contributed by atoms with Gasteiger partial charge in [-0.2, -0.15) is 0 Å². The minimum Gasteiger partial charge on any atom is -0.334 e. The van der Waals surface area contributed by atoms with Gasteiger partial charge >= 0.3 is 0 Å². The second kappa shape index (κ2) is 5.57. The molecule has 3 nitrogen and oxygen atoms in total. The molecule has 0 saturated carbocycles. The molecule has 0 fully saturated rings. The first-order chi connectivity index (χ1) is 9.02. The van der Waals surface area contributed by atoms with Crippen LogP contribution in [0.3, 0.4) is 0 Å². The van der Waals surface area contributed by atoms with E-state index in [9.17, 15) is 0 Å². The zero-order chi connectivity index (χ0) is 14.0. The van der Waals surface area contributed by atoms with Gasteiger partial charge in [-0.25, -0.2) is 4.98 Å². The summed E-state index contributed by atoms with van der Waals surface area (Å²) in [6, 6.07) is 6.66. The molecule has 3 heteroatoms. The molecule has 102 valence electrons. The number of aryl methyl sites for hydroxylation is 2. The highest BCUT2D eigenvalue weighted by Gasteiger charge is 2.11. The van der Waals surface area contributed by atoms with Crippen molar-refractivity contribution in [1.82, 2.24) is 14.9 Å².